The van der Waals surface area contributed by atoms with E-state index in [-0.39, 0.29) is 33.5 Å². The zero-order valence-corrected chi connectivity index (χ0v) is 36.7. The summed E-state index contributed by atoms with van der Waals surface area (Å²) in [5.74, 6) is 1.33. The highest BCUT2D eigenvalue weighted by atomic mass is 28.4. The molecule has 4 nitrogen and oxygen atoms in total. The number of hydrogen-bond donors (Lipinski definition) is 1. The Morgan fingerprint density at radius 3 is 2.20 bits per heavy atom. The fraction of sp³-hybridized carbons (Fsp3) is 0.795. The molecule has 0 radical (unpaired) electrons. The maximum atomic E-state index is 13.4. The van der Waals surface area contributed by atoms with Crippen molar-refractivity contribution in [3.05, 3.63) is 47.1 Å². The highest BCUT2D eigenvalue weighted by Crippen LogP contribution is 2.60. The summed E-state index contributed by atoms with van der Waals surface area (Å²) >= 11 is 0. The van der Waals surface area contributed by atoms with Crippen molar-refractivity contribution in [1.82, 2.24) is 0 Å². The number of unbranched alkanes of at least 4 members (excludes halogenated alkanes) is 1. The van der Waals surface area contributed by atoms with E-state index in [0.717, 1.165) is 56.9 Å². The average Bonchev–Trinajstić information content (AvgIpc) is 3.74. The third-order valence-corrected chi connectivity index (χ3v) is 23.7. The number of carbonyl (C=O) groups is 1. The number of Topliss-reactive ketones (excluding diaryl/α,β-unsaturated/α-hetero) is 1. The summed E-state index contributed by atoms with van der Waals surface area (Å²) in [5.41, 5.74) is 5.20. The molecule has 5 unspecified atom stereocenters. The molecule has 4 fully saturated rings. The first-order valence-electron chi connectivity index (χ1n) is 20.3. The van der Waals surface area contributed by atoms with Crippen LogP contribution in [0, 0.1) is 22.7 Å². The standard InChI is InChI=1S/C44H76O4Si2/c1-15-16-19-39(45)44(27-28-44)40(46)25-20-31(2)36-23-24-37-33(18-17-26-43(36,37)10)21-22-34-29-35(47-49(11,12)41(4,5)6)30-38(32(34)3)48-50(13,14)42(7,8)9/h20-22,35-39,45H,3,15-19,23-30H2,1-2,4-14H3/t35?,36?,37?,38?,39?,43-/m1/s1. The van der Waals surface area contributed by atoms with Gasteiger partial charge in [0.15, 0.2) is 16.6 Å². The largest absolute Gasteiger partial charge is 0.413 e. The van der Waals surface area contributed by atoms with Crippen molar-refractivity contribution in [3.63, 3.8) is 0 Å². The van der Waals surface area contributed by atoms with Gasteiger partial charge in [-0.2, -0.15) is 0 Å². The van der Waals surface area contributed by atoms with Gasteiger partial charge in [-0.25, -0.2) is 0 Å². The van der Waals surface area contributed by atoms with Gasteiger partial charge in [0.2, 0.25) is 0 Å². The van der Waals surface area contributed by atoms with E-state index in [0.29, 0.717) is 18.3 Å². The van der Waals surface area contributed by atoms with Crippen LogP contribution in [-0.2, 0) is 13.6 Å². The molecule has 4 aliphatic carbocycles. The molecule has 6 heteroatoms. The Kier molecular flexibility index (Phi) is 12.8. The molecule has 0 amide bonds. The Morgan fingerprint density at radius 2 is 1.62 bits per heavy atom. The molecular weight excluding hydrogens is 649 g/mol. The third kappa shape index (κ3) is 8.83. The quantitative estimate of drug-likeness (QED) is 0.152. The Hall–Kier alpha value is -1.06. The monoisotopic (exact) mass is 725 g/mol. The summed E-state index contributed by atoms with van der Waals surface area (Å²) < 4.78 is 14.2. The van der Waals surface area contributed by atoms with Gasteiger partial charge in [-0.15, -0.1) is 0 Å². The highest BCUT2D eigenvalue weighted by Gasteiger charge is 2.54. The summed E-state index contributed by atoms with van der Waals surface area (Å²) in [5, 5.41) is 11.1. The highest BCUT2D eigenvalue weighted by molar-refractivity contribution is 6.74. The van der Waals surface area contributed by atoms with Crippen LogP contribution in [0.1, 0.15) is 146 Å². The van der Waals surface area contributed by atoms with E-state index in [4.69, 9.17) is 8.85 Å². The number of fused-ring (bicyclic) bond motifs is 1. The molecule has 0 aromatic rings. The Labute approximate surface area is 310 Å². The molecule has 284 valence electrons. The molecule has 0 saturated heterocycles. The fourth-order valence-corrected chi connectivity index (χ4v) is 11.6. The maximum absolute atomic E-state index is 13.4. The second kappa shape index (κ2) is 15.4. The molecule has 0 aliphatic heterocycles. The first kappa shape index (κ1) is 41.7. The summed E-state index contributed by atoms with van der Waals surface area (Å²) in [4.78, 5) is 13.4. The van der Waals surface area contributed by atoms with Crippen LogP contribution in [0.25, 0.3) is 0 Å². The third-order valence-electron chi connectivity index (χ3n) is 14.7. The molecule has 50 heavy (non-hydrogen) atoms. The van der Waals surface area contributed by atoms with E-state index in [9.17, 15) is 9.90 Å². The summed E-state index contributed by atoms with van der Waals surface area (Å²) in [6.45, 7) is 35.1. The van der Waals surface area contributed by atoms with Gasteiger partial charge in [0, 0.05) is 12.8 Å². The molecule has 1 N–H and O–H groups in total. The number of rotatable bonds is 13. The maximum Gasteiger partial charge on any atom is 0.192 e. The predicted molar refractivity (Wildman–Crippen MR) is 217 cm³/mol. The van der Waals surface area contributed by atoms with E-state index in [1.807, 2.05) is 0 Å². The Balaban J connectivity index is 1.54. The van der Waals surface area contributed by atoms with Crippen molar-refractivity contribution in [2.24, 2.45) is 22.7 Å². The topological polar surface area (TPSA) is 55.8 Å². The van der Waals surface area contributed by atoms with Gasteiger partial charge in [0.25, 0.3) is 0 Å². The normalized spacial score (nSPS) is 31.6. The number of allylic oxidation sites excluding steroid dienone is 5. The van der Waals surface area contributed by atoms with E-state index in [1.165, 1.54) is 36.8 Å². The zero-order valence-electron chi connectivity index (χ0n) is 34.7. The van der Waals surface area contributed by atoms with E-state index >= 15 is 0 Å². The van der Waals surface area contributed by atoms with Crippen LogP contribution in [0.4, 0.5) is 0 Å². The van der Waals surface area contributed by atoms with Crippen LogP contribution in [0.3, 0.4) is 0 Å². The van der Waals surface area contributed by atoms with E-state index in [1.54, 1.807) is 5.57 Å². The predicted octanol–water partition coefficient (Wildman–Crippen LogP) is 12.4. The second-order valence-corrected chi connectivity index (χ2v) is 29.7. The number of ketones is 1. The minimum Gasteiger partial charge on any atom is -0.413 e. The van der Waals surface area contributed by atoms with Crippen LogP contribution >= 0.6 is 0 Å². The number of carbonyl (C=O) groups excluding carboxylic acids is 1. The van der Waals surface area contributed by atoms with Crippen molar-refractivity contribution in [3.8, 4) is 0 Å². The summed E-state index contributed by atoms with van der Waals surface area (Å²) in [6, 6.07) is 0. The van der Waals surface area contributed by atoms with E-state index in [2.05, 4.69) is 113 Å². The molecule has 0 aromatic heterocycles. The van der Waals surface area contributed by atoms with Crippen molar-refractivity contribution in [2.75, 3.05) is 0 Å². The molecular formula is C44H76O4Si2. The van der Waals surface area contributed by atoms with Gasteiger partial charge in [0.05, 0.1) is 23.7 Å². The molecule has 0 bridgehead atoms. The Morgan fingerprint density at radius 1 is 1.00 bits per heavy atom. The van der Waals surface area contributed by atoms with Gasteiger partial charge in [-0.05, 0) is 129 Å². The lowest BCUT2D eigenvalue weighted by atomic mass is 9.62. The van der Waals surface area contributed by atoms with Gasteiger partial charge < -0.3 is 14.0 Å². The van der Waals surface area contributed by atoms with Gasteiger partial charge in [-0.1, -0.05) is 104 Å². The first-order chi connectivity index (χ1) is 23.0. The lowest BCUT2D eigenvalue weighted by Gasteiger charge is -2.45. The summed E-state index contributed by atoms with van der Waals surface area (Å²) in [6.07, 6.45) is 19.6. The van der Waals surface area contributed by atoms with Crippen LogP contribution in [0.2, 0.25) is 36.3 Å². The molecule has 4 aliphatic rings. The second-order valence-electron chi connectivity index (χ2n) is 20.2. The van der Waals surface area contributed by atoms with Crippen molar-refractivity contribution < 1.29 is 18.8 Å². The van der Waals surface area contributed by atoms with Crippen molar-refractivity contribution in [2.45, 2.75) is 200 Å². The number of aliphatic hydroxyl groups is 1. The average molecular weight is 725 g/mol. The van der Waals surface area contributed by atoms with Crippen LogP contribution < -0.4 is 0 Å². The minimum atomic E-state index is -2.01. The van der Waals surface area contributed by atoms with Crippen LogP contribution in [0.15, 0.2) is 47.1 Å². The Bertz CT molecular complexity index is 1330. The molecule has 0 aromatic carbocycles. The number of hydrogen-bond acceptors (Lipinski definition) is 4. The minimum absolute atomic E-state index is 0.00502. The van der Waals surface area contributed by atoms with Crippen molar-refractivity contribution >= 4 is 22.4 Å². The SMILES string of the molecule is C=C1C(=CC=C2CCC[C@]3(C)C(C(C)=CCC(=O)C4(C(O)CCCC)CC4)CCC23)CC(O[Si](C)(C)C(C)(C)C)CC1O[Si](C)(C)C(C)(C)C. The van der Waals surface area contributed by atoms with Crippen LogP contribution in [0.5, 0.6) is 0 Å². The molecule has 6 atom stereocenters. The molecule has 0 spiro atoms. The first-order valence-corrected chi connectivity index (χ1v) is 26.1. The smallest absolute Gasteiger partial charge is 0.192 e. The molecule has 4 rings (SSSR count). The summed E-state index contributed by atoms with van der Waals surface area (Å²) in [7, 11) is -3.97. The lowest BCUT2D eigenvalue weighted by molar-refractivity contribution is -0.127. The van der Waals surface area contributed by atoms with Crippen molar-refractivity contribution in [1.29, 1.82) is 0 Å². The van der Waals surface area contributed by atoms with E-state index < -0.39 is 28.2 Å². The van der Waals surface area contributed by atoms with Gasteiger partial charge >= 0.3 is 0 Å². The lowest BCUT2D eigenvalue weighted by Crippen LogP contribution is -2.49. The number of aliphatic hydroxyl groups excluding tert-OH is 1. The van der Waals surface area contributed by atoms with Crippen LogP contribution in [-0.4, -0.2) is 45.8 Å². The molecule has 0 heterocycles. The van der Waals surface area contributed by atoms with Gasteiger partial charge in [0.1, 0.15) is 5.78 Å². The molecule has 4 saturated carbocycles. The fourth-order valence-electron chi connectivity index (χ4n) is 8.96. The van der Waals surface area contributed by atoms with Gasteiger partial charge in [-0.3, -0.25) is 4.79 Å². The zero-order chi connectivity index (χ0) is 37.5.